The Morgan fingerprint density at radius 1 is 1.73 bits per heavy atom. The first-order valence-corrected chi connectivity index (χ1v) is 7.11. The number of aliphatic imine (C=N–C) groups is 1. The number of hydrogen-bond acceptors (Lipinski definition) is 5. The van der Waals surface area contributed by atoms with Crippen molar-refractivity contribution in [3.8, 4) is 5.75 Å². The van der Waals surface area contributed by atoms with Crippen molar-refractivity contribution in [3.05, 3.63) is 16.3 Å². The quantitative estimate of drug-likeness (QED) is 0.881. The average molecular weight is 242 g/mol. The van der Waals surface area contributed by atoms with Crippen molar-refractivity contribution in [1.29, 1.82) is 0 Å². The van der Waals surface area contributed by atoms with Gasteiger partial charge in [-0.25, -0.2) is 0 Å². The van der Waals surface area contributed by atoms with Gasteiger partial charge in [0, 0.05) is 0 Å². The van der Waals surface area contributed by atoms with Gasteiger partial charge in [0.25, 0.3) is 0 Å². The predicted octanol–water partition coefficient (Wildman–Crippen LogP) is 1.97. The van der Waals surface area contributed by atoms with E-state index in [0.717, 1.165) is 22.8 Å². The highest BCUT2D eigenvalue weighted by molar-refractivity contribution is 7.98. The zero-order valence-corrected chi connectivity index (χ0v) is 10.2. The minimum atomic E-state index is 0.206. The number of fused-ring (bicyclic) bond motifs is 1. The van der Waals surface area contributed by atoms with Crippen molar-refractivity contribution in [1.82, 2.24) is 0 Å². The van der Waals surface area contributed by atoms with E-state index >= 15 is 0 Å². The van der Waals surface area contributed by atoms with Crippen molar-refractivity contribution >= 4 is 28.9 Å². The van der Waals surface area contributed by atoms with Crippen LogP contribution in [0, 0.1) is 0 Å². The number of nitrogens with two attached hydrogens (primary N) is 1. The maximum Gasteiger partial charge on any atom is 0.141 e. The standard InChI is InChI=1S/C10H14N2OS2/c1-14-4-2-7-6-13-8-3-5-15-9(8)10(11)12-7/h3,5,7H,2,4,6H2,1H3,(H2,11,12)/t7-/m1/s1. The van der Waals surface area contributed by atoms with Crippen molar-refractivity contribution in [3.63, 3.8) is 0 Å². The Hall–Kier alpha value is -0.680. The van der Waals surface area contributed by atoms with Gasteiger partial charge >= 0.3 is 0 Å². The van der Waals surface area contributed by atoms with Gasteiger partial charge in [0.15, 0.2) is 0 Å². The van der Waals surface area contributed by atoms with Crippen LogP contribution in [-0.2, 0) is 0 Å². The normalized spacial score (nSPS) is 20.1. The largest absolute Gasteiger partial charge is 0.490 e. The summed E-state index contributed by atoms with van der Waals surface area (Å²) in [6.07, 6.45) is 3.12. The lowest BCUT2D eigenvalue weighted by molar-refractivity contribution is 0.291. The van der Waals surface area contributed by atoms with E-state index in [-0.39, 0.29) is 6.04 Å². The molecular formula is C10H14N2OS2. The Balaban J connectivity index is 2.11. The topological polar surface area (TPSA) is 47.6 Å². The minimum absolute atomic E-state index is 0.206. The molecule has 0 saturated heterocycles. The van der Waals surface area contributed by atoms with Gasteiger partial charge in [-0.3, -0.25) is 4.99 Å². The summed E-state index contributed by atoms with van der Waals surface area (Å²) in [5.74, 6) is 2.61. The van der Waals surface area contributed by atoms with Crippen LogP contribution >= 0.6 is 23.1 Å². The van der Waals surface area contributed by atoms with Crippen LogP contribution in [0.2, 0.25) is 0 Å². The molecule has 15 heavy (non-hydrogen) atoms. The second-order valence-electron chi connectivity index (χ2n) is 3.37. The van der Waals surface area contributed by atoms with Crippen LogP contribution in [0.3, 0.4) is 0 Å². The smallest absolute Gasteiger partial charge is 0.141 e. The molecule has 0 saturated carbocycles. The molecule has 2 N–H and O–H groups in total. The summed E-state index contributed by atoms with van der Waals surface area (Å²) in [6.45, 7) is 0.644. The monoisotopic (exact) mass is 242 g/mol. The molecule has 1 aromatic heterocycles. The maximum atomic E-state index is 5.93. The molecule has 0 aromatic carbocycles. The molecule has 0 fully saturated rings. The lowest BCUT2D eigenvalue weighted by Crippen LogP contribution is -2.18. The fourth-order valence-electron chi connectivity index (χ4n) is 1.48. The number of amidine groups is 1. The SMILES string of the molecule is CSCC[C@@H]1COc2ccsc2C(N)=N1. The molecule has 1 aliphatic heterocycles. The van der Waals surface area contributed by atoms with Gasteiger partial charge < -0.3 is 10.5 Å². The molecule has 0 aliphatic carbocycles. The molecule has 0 bridgehead atoms. The zero-order valence-electron chi connectivity index (χ0n) is 8.60. The van der Waals surface area contributed by atoms with Crippen LogP contribution in [-0.4, -0.2) is 30.5 Å². The van der Waals surface area contributed by atoms with Gasteiger partial charge in [-0.2, -0.15) is 11.8 Å². The molecule has 0 spiro atoms. The van der Waals surface area contributed by atoms with Crippen LogP contribution in [0.4, 0.5) is 0 Å². The summed E-state index contributed by atoms with van der Waals surface area (Å²) in [5, 5.41) is 1.98. The molecule has 1 atom stereocenters. The van der Waals surface area contributed by atoms with E-state index in [1.165, 1.54) is 0 Å². The first kappa shape index (κ1) is 10.8. The molecule has 0 unspecified atom stereocenters. The molecule has 82 valence electrons. The predicted molar refractivity (Wildman–Crippen MR) is 67.3 cm³/mol. The van der Waals surface area contributed by atoms with Gasteiger partial charge in [0.2, 0.25) is 0 Å². The van der Waals surface area contributed by atoms with Gasteiger partial charge in [-0.05, 0) is 29.9 Å². The van der Waals surface area contributed by atoms with Crippen LogP contribution in [0.15, 0.2) is 16.4 Å². The molecular weight excluding hydrogens is 228 g/mol. The molecule has 1 aromatic rings. The van der Waals surface area contributed by atoms with Crippen LogP contribution in [0.5, 0.6) is 5.75 Å². The van der Waals surface area contributed by atoms with E-state index in [1.807, 2.05) is 23.2 Å². The number of thioether (sulfide) groups is 1. The number of thiophene rings is 1. The lowest BCUT2D eigenvalue weighted by Gasteiger charge is -2.09. The minimum Gasteiger partial charge on any atom is -0.490 e. The number of hydrogen-bond donors (Lipinski definition) is 1. The first-order chi connectivity index (χ1) is 7.31. The van der Waals surface area contributed by atoms with E-state index in [2.05, 4.69) is 11.2 Å². The second-order valence-corrected chi connectivity index (χ2v) is 5.28. The van der Waals surface area contributed by atoms with E-state index in [9.17, 15) is 0 Å². The Morgan fingerprint density at radius 2 is 2.60 bits per heavy atom. The van der Waals surface area contributed by atoms with Gasteiger partial charge in [-0.1, -0.05) is 0 Å². The summed E-state index contributed by atoms with van der Waals surface area (Å²) in [4.78, 5) is 5.47. The van der Waals surface area contributed by atoms with Crippen LogP contribution < -0.4 is 10.5 Å². The van der Waals surface area contributed by atoms with Crippen molar-refractivity contribution in [2.24, 2.45) is 10.7 Å². The summed E-state index contributed by atoms with van der Waals surface area (Å²) >= 11 is 3.41. The molecule has 0 amide bonds. The Morgan fingerprint density at radius 3 is 3.40 bits per heavy atom. The van der Waals surface area contributed by atoms with Gasteiger partial charge in [0.1, 0.15) is 23.1 Å². The Labute approximate surface area is 97.7 Å². The van der Waals surface area contributed by atoms with Crippen LogP contribution in [0.1, 0.15) is 11.3 Å². The summed E-state index contributed by atoms with van der Waals surface area (Å²) in [6, 6.07) is 2.16. The summed E-state index contributed by atoms with van der Waals surface area (Å²) in [5.41, 5.74) is 5.93. The molecule has 2 rings (SSSR count). The van der Waals surface area contributed by atoms with E-state index in [0.29, 0.717) is 12.4 Å². The maximum absolute atomic E-state index is 5.93. The third-order valence-corrected chi connectivity index (χ3v) is 3.83. The van der Waals surface area contributed by atoms with Gasteiger partial charge in [0.05, 0.1) is 6.04 Å². The average Bonchev–Trinajstić information content (AvgIpc) is 2.65. The molecule has 0 radical (unpaired) electrons. The fraction of sp³-hybridized carbons (Fsp3) is 0.500. The molecule has 3 nitrogen and oxygen atoms in total. The highest BCUT2D eigenvalue weighted by atomic mass is 32.2. The van der Waals surface area contributed by atoms with Crippen LogP contribution in [0.25, 0.3) is 0 Å². The van der Waals surface area contributed by atoms with Crippen molar-refractivity contribution in [2.45, 2.75) is 12.5 Å². The number of ether oxygens (including phenoxy) is 1. The van der Waals surface area contributed by atoms with Gasteiger partial charge in [-0.15, -0.1) is 11.3 Å². The molecule has 5 heteroatoms. The second kappa shape index (κ2) is 4.90. The first-order valence-electron chi connectivity index (χ1n) is 4.84. The van der Waals surface area contributed by atoms with Crippen molar-refractivity contribution < 1.29 is 4.74 Å². The fourth-order valence-corrected chi connectivity index (χ4v) is 2.73. The highest BCUT2D eigenvalue weighted by Gasteiger charge is 2.18. The molecule has 2 heterocycles. The van der Waals surface area contributed by atoms with E-state index in [1.54, 1.807) is 11.3 Å². The van der Waals surface area contributed by atoms with E-state index < -0.39 is 0 Å². The lowest BCUT2D eigenvalue weighted by atomic mass is 10.2. The zero-order chi connectivity index (χ0) is 10.7. The molecule has 1 aliphatic rings. The van der Waals surface area contributed by atoms with Crippen molar-refractivity contribution in [2.75, 3.05) is 18.6 Å². The Kier molecular flexibility index (Phi) is 3.53. The summed E-state index contributed by atoms with van der Waals surface area (Å²) < 4.78 is 5.68. The third-order valence-electron chi connectivity index (χ3n) is 2.27. The highest BCUT2D eigenvalue weighted by Crippen LogP contribution is 2.27. The van der Waals surface area contributed by atoms with E-state index in [4.69, 9.17) is 10.5 Å². The summed E-state index contributed by atoms with van der Waals surface area (Å²) in [7, 11) is 0. The number of rotatable bonds is 3. The third kappa shape index (κ3) is 2.46. The number of nitrogens with zero attached hydrogens (tertiary/aromatic N) is 1. The Bertz CT molecular complexity index is 362.